The lowest BCUT2D eigenvalue weighted by atomic mass is 9.91. The Morgan fingerprint density at radius 3 is 3.07 bits per heavy atom. The molecule has 1 aliphatic carbocycles. The summed E-state index contributed by atoms with van der Waals surface area (Å²) in [6, 6.07) is 10.4. The van der Waals surface area contributed by atoms with Crippen molar-refractivity contribution < 1.29 is 4.79 Å². The van der Waals surface area contributed by atoms with Gasteiger partial charge in [0.2, 0.25) is 0 Å². The van der Waals surface area contributed by atoms with E-state index in [4.69, 9.17) is 4.98 Å². The topological polar surface area (TPSA) is 85.9 Å². The first-order valence-electron chi connectivity index (χ1n) is 10.8. The van der Waals surface area contributed by atoms with E-state index in [1.165, 1.54) is 17.7 Å². The number of aromatic nitrogens is 3. The van der Waals surface area contributed by atoms with E-state index in [9.17, 15) is 4.79 Å². The Labute approximate surface area is 176 Å². The first-order chi connectivity index (χ1) is 14.7. The number of rotatable bonds is 5. The smallest absolute Gasteiger partial charge is 0.253 e. The summed E-state index contributed by atoms with van der Waals surface area (Å²) in [6.45, 7) is 2.46. The molecule has 7 nitrogen and oxygen atoms in total. The Bertz CT molecular complexity index is 1050. The summed E-state index contributed by atoms with van der Waals surface area (Å²) < 4.78 is 0. The van der Waals surface area contributed by atoms with Crippen molar-refractivity contribution in [2.24, 2.45) is 0 Å². The summed E-state index contributed by atoms with van der Waals surface area (Å²) in [6.07, 6.45) is 6.23. The minimum absolute atomic E-state index is 0.0499. The van der Waals surface area contributed by atoms with Crippen LogP contribution in [-0.2, 0) is 13.0 Å². The van der Waals surface area contributed by atoms with Gasteiger partial charge in [-0.15, -0.1) is 0 Å². The van der Waals surface area contributed by atoms with Crippen LogP contribution in [0.15, 0.2) is 36.5 Å². The molecule has 0 bridgehead atoms. The second-order valence-electron chi connectivity index (χ2n) is 8.42. The summed E-state index contributed by atoms with van der Waals surface area (Å²) >= 11 is 0. The summed E-state index contributed by atoms with van der Waals surface area (Å²) in [7, 11) is 2.13. The van der Waals surface area contributed by atoms with E-state index in [-0.39, 0.29) is 11.9 Å². The number of nitrogens with zero attached hydrogens (tertiary/aromatic N) is 3. The van der Waals surface area contributed by atoms with E-state index in [1.807, 2.05) is 30.5 Å². The quantitative estimate of drug-likeness (QED) is 0.609. The predicted octanol–water partition coefficient (Wildman–Crippen LogP) is 2.56. The average Bonchev–Trinajstić information content (AvgIpc) is 3.42. The van der Waals surface area contributed by atoms with E-state index in [0.29, 0.717) is 18.2 Å². The zero-order chi connectivity index (χ0) is 20.5. The van der Waals surface area contributed by atoms with Gasteiger partial charge in [-0.25, -0.2) is 4.98 Å². The zero-order valence-corrected chi connectivity index (χ0v) is 17.3. The largest absolute Gasteiger partial charge is 0.348 e. The van der Waals surface area contributed by atoms with Crippen LogP contribution in [0, 0.1) is 0 Å². The molecular formula is C23H28N6O. The fourth-order valence-electron chi connectivity index (χ4n) is 4.74. The van der Waals surface area contributed by atoms with Gasteiger partial charge in [-0.3, -0.25) is 14.7 Å². The highest BCUT2D eigenvalue weighted by Crippen LogP contribution is 2.32. The highest BCUT2D eigenvalue weighted by Gasteiger charge is 2.26. The number of aryl methyl sites for hydroxylation is 1. The summed E-state index contributed by atoms with van der Waals surface area (Å²) in [4.78, 5) is 28.0. The Hall–Kier alpha value is -2.77. The van der Waals surface area contributed by atoms with Gasteiger partial charge in [0.15, 0.2) is 0 Å². The van der Waals surface area contributed by atoms with Crippen LogP contribution in [0.2, 0.25) is 0 Å². The van der Waals surface area contributed by atoms with Crippen LogP contribution in [-0.4, -0.2) is 51.9 Å². The second-order valence-corrected chi connectivity index (χ2v) is 8.42. The first kappa shape index (κ1) is 19.2. The van der Waals surface area contributed by atoms with Gasteiger partial charge in [0.05, 0.1) is 29.4 Å². The fraction of sp³-hybridized carbons (Fsp3) is 0.435. The van der Waals surface area contributed by atoms with Gasteiger partial charge in [-0.1, -0.05) is 12.1 Å². The minimum atomic E-state index is -0.0499. The van der Waals surface area contributed by atoms with Crippen LogP contribution in [0.1, 0.15) is 52.7 Å². The van der Waals surface area contributed by atoms with Crippen molar-refractivity contribution in [3.05, 3.63) is 59.2 Å². The van der Waals surface area contributed by atoms with Gasteiger partial charge in [0.1, 0.15) is 11.3 Å². The van der Waals surface area contributed by atoms with Crippen molar-refractivity contribution in [2.45, 2.75) is 44.3 Å². The molecule has 1 amide bonds. The maximum Gasteiger partial charge on any atom is 0.253 e. The van der Waals surface area contributed by atoms with Gasteiger partial charge in [-0.2, -0.15) is 0 Å². The molecule has 1 saturated heterocycles. The van der Waals surface area contributed by atoms with Gasteiger partial charge >= 0.3 is 0 Å². The Morgan fingerprint density at radius 1 is 1.27 bits per heavy atom. The van der Waals surface area contributed by atoms with Gasteiger partial charge < -0.3 is 15.6 Å². The number of fused-ring (bicyclic) bond motifs is 2. The van der Waals surface area contributed by atoms with Crippen LogP contribution in [0.25, 0.3) is 11.0 Å². The first-order valence-corrected chi connectivity index (χ1v) is 10.8. The molecule has 0 saturated carbocycles. The molecule has 0 spiro atoms. The van der Waals surface area contributed by atoms with Crippen LogP contribution in [0.4, 0.5) is 0 Å². The second kappa shape index (κ2) is 8.16. The lowest BCUT2D eigenvalue weighted by Crippen LogP contribution is -2.36. The molecule has 2 unspecified atom stereocenters. The van der Waals surface area contributed by atoms with Crippen LogP contribution in [0.3, 0.4) is 0 Å². The molecule has 3 heterocycles. The number of imidazole rings is 1. The highest BCUT2D eigenvalue weighted by molar-refractivity contribution is 6.05. The average molecular weight is 405 g/mol. The number of nitrogens with one attached hydrogen (secondary N) is 3. The fourth-order valence-corrected chi connectivity index (χ4v) is 4.74. The standard InChI is InChI=1S/C23H28N6O/c1-29(19-9-2-5-15-6-4-11-25-21(15)19)14-20-27-18-8-3-7-17(22(18)28-20)23(30)26-16-10-12-24-13-16/h3-4,6-8,11,16,19,24H,2,5,9-10,12-14H2,1H3,(H,26,30)(H,27,28). The molecule has 30 heavy (non-hydrogen) atoms. The Balaban J connectivity index is 1.36. The van der Waals surface area contributed by atoms with E-state index < -0.39 is 0 Å². The van der Waals surface area contributed by atoms with Gasteiger partial charge in [-0.05, 0) is 63.0 Å². The summed E-state index contributed by atoms with van der Waals surface area (Å²) in [5.74, 6) is 0.824. The lowest BCUT2D eigenvalue weighted by Gasteiger charge is -2.31. The minimum Gasteiger partial charge on any atom is -0.348 e. The number of carbonyl (C=O) groups is 1. The molecule has 3 aromatic rings. The molecule has 156 valence electrons. The van der Waals surface area contributed by atoms with Crippen LogP contribution in [0.5, 0.6) is 0 Å². The van der Waals surface area contributed by atoms with Crippen molar-refractivity contribution in [1.82, 2.24) is 30.5 Å². The number of para-hydroxylation sites is 1. The highest BCUT2D eigenvalue weighted by atomic mass is 16.1. The van der Waals surface area contributed by atoms with Crippen molar-refractivity contribution in [1.29, 1.82) is 0 Å². The monoisotopic (exact) mass is 404 g/mol. The van der Waals surface area contributed by atoms with Crippen molar-refractivity contribution in [2.75, 3.05) is 20.1 Å². The SMILES string of the molecule is CN(Cc1nc2c(C(=O)NC3CCNC3)cccc2[nH]1)C1CCCc2cccnc21. The number of aromatic amines is 1. The van der Waals surface area contributed by atoms with Crippen molar-refractivity contribution in [3.8, 4) is 0 Å². The van der Waals surface area contributed by atoms with E-state index >= 15 is 0 Å². The normalized spacial score (nSPS) is 21.1. The molecular weight excluding hydrogens is 376 g/mol. The number of amides is 1. The van der Waals surface area contributed by atoms with Gasteiger partial charge in [0, 0.05) is 18.8 Å². The summed E-state index contributed by atoms with van der Waals surface area (Å²) in [5.41, 5.74) is 4.82. The van der Waals surface area contributed by atoms with Crippen molar-refractivity contribution >= 4 is 16.9 Å². The Morgan fingerprint density at radius 2 is 2.20 bits per heavy atom. The predicted molar refractivity (Wildman–Crippen MR) is 116 cm³/mol. The van der Waals surface area contributed by atoms with Crippen molar-refractivity contribution in [3.63, 3.8) is 0 Å². The molecule has 1 fully saturated rings. The molecule has 7 heteroatoms. The van der Waals surface area contributed by atoms with Crippen LogP contribution < -0.4 is 10.6 Å². The number of hydrogen-bond donors (Lipinski definition) is 3. The molecule has 2 atom stereocenters. The molecule has 2 aliphatic rings. The van der Waals surface area contributed by atoms with E-state index in [1.54, 1.807) is 0 Å². The maximum atomic E-state index is 12.8. The molecule has 1 aliphatic heterocycles. The zero-order valence-electron chi connectivity index (χ0n) is 17.3. The van der Waals surface area contributed by atoms with E-state index in [0.717, 1.165) is 49.2 Å². The number of pyridine rings is 1. The number of carbonyl (C=O) groups excluding carboxylic acids is 1. The lowest BCUT2D eigenvalue weighted by molar-refractivity contribution is 0.0941. The Kier molecular flexibility index (Phi) is 5.23. The van der Waals surface area contributed by atoms with Crippen LogP contribution >= 0.6 is 0 Å². The third kappa shape index (κ3) is 3.70. The molecule has 3 N–H and O–H groups in total. The number of hydrogen-bond acceptors (Lipinski definition) is 5. The number of benzene rings is 1. The molecule has 0 radical (unpaired) electrons. The third-order valence-electron chi connectivity index (χ3n) is 6.30. The number of H-pyrrole nitrogens is 1. The maximum absolute atomic E-state index is 12.8. The molecule has 2 aromatic heterocycles. The molecule has 1 aromatic carbocycles. The van der Waals surface area contributed by atoms with Gasteiger partial charge in [0.25, 0.3) is 5.91 Å². The molecule has 5 rings (SSSR count). The third-order valence-corrected chi connectivity index (χ3v) is 6.30. The summed E-state index contributed by atoms with van der Waals surface area (Å²) in [5, 5.41) is 6.41. The van der Waals surface area contributed by atoms with E-state index in [2.05, 4.69) is 38.6 Å².